The summed E-state index contributed by atoms with van der Waals surface area (Å²) in [5.74, 6) is -0.0612. The normalized spacial score (nSPS) is 19.7. The minimum Gasteiger partial charge on any atom is -0.494 e. The van der Waals surface area contributed by atoms with Gasteiger partial charge in [-0.05, 0) is 37.1 Å². The van der Waals surface area contributed by atoms with Gasteiger partial charge in [0.05, 0.1) is 13.7 Å². The van der Waals surface area contributed by atoms with Gasteiger partial charge in [0.1, 0.15) is 0 Å². The largest absolute Gasteiger partial charge is 0.494 e. The van der Waals surface area contributed by atoms with E-state index < -0.39 is 5.82 Å². The highest BCUT2D eigenvalue weighted by molar-refractivity contribution is 5.91. The Morgan fingerprint density at radius 3 is 3.05 bits per heavy atom. The predicted molar refractivity (Wildman–Crippen MR) is 78.5 cm³/mol. The van der Waals surface area contributed by atoms with E-state index in [0.717, 1.165) is 13.0 Å². The van der Waals surface area contributed by atoms with E-state index in [1.54, 1.807) is 18.2 Å². The fraction of sp³-hybridized carbons (Fsp3) is 0.438. The van der Waals surface area contributed by atoms with Crippen molar-refractivity contribution in [1.29, 1.82) is 0 Å². The molecular formula is C16H20FNO3. The molecule has 0 spiro atoms. The summed E-state index contributed by atoms with van der Waals surface area (Å²) >= 11 is 0. The first kappa shape index (κ1) is 15.5. The molecule has 1 amide bonds. The highest BCUT2D eigenvalue weighted by atomic mass is 19.1. The molecular weight excluding hydrogens is 273 g/mol. The summed E-state index contributed by atoms with van der Waals surface area (Å²) in [4.78, 5) is 11.9. The minimum absolute atomic E-state index is 0.0763. The summed E-state index contributed by atoms with van der Waals surface area (Å²) < 4.78 is 23.5. The van der Waals surface area contributed by atoms with Gasteiger partial charge >= 0.3 is 0 Å². The zero-order chi connectivity index (χ0) is 15.2. The molecule has 5 heteroatoms. The second-order valence-corrected chi connectivity index (χ2v) is 5.15. The van der Waals surface area contributed by atoms with E-state index >= 15 is 0 Å². The number of benzene rings is 1. The van der Waals surface area contributed by atoms with E-state index in [4.69, 9.17) is 9.47 Å². The van der Waals surface area contributed by atoms with E-state index in [1.807, 2.05) is 6.92 Å². The number of carbonyl (C=O) groups is 1. The first-order valence-corrected chi connectivity index (χ1v) is 7.00. The second-order valence-electron chi connectivity index (χ2n) is 5.15. The van der Waals surface area contributed by atoms with Crippen LogP contribution in [0.1, 0.15) is 18.9 Å². The monoisotopic (exact) mass is 293 g/mol. The van der Waals surface area contributed by atoms with Crippen LogP contribution in [0.2, 0.25) is 0 Å². The van der Waals surface area contributed by atoms with Gasteiger partial charge in [0.15, 0.2) is 11.6 Å². The Morgan fingerprint density at radius 2 is 2.38 bits per heavy atom. The van der Waals surface area contributed by atoms with Gasteiger partial charge in [-0.3, -0.25) is 4.79 Å². The van der Waals surface area contributed by atoms with Crippen molar-refractivity contribution in [3.05, 3.63) is 35.7 Å². The number of rotatable bonds is 5. The lowest BCUT2D eigenvalue weighted by Crippen LogP contribution is -2.37. The Labute approximate surface area is 123 Å². The summed E-state index contributed by atoms with van der Waals surface area (Å²) in [5.41, 5.74) is 0.709. The smallest absolute Gasteiger partial charge is 0.244 e. The molecule has 1 N–H and O–H groups in total. The Kier molecular flexibility index (Phi) is 5.33. The van der Waals surface area contributed by atoms with Crippen molar-refractivity contribution in [3.8, 4) is 5.75 Å². The van der Waals surface area contributed by atoms with Crippen molar-refractivity contribution in [2.45, 2.75) is 19.4 Å². The molecule has 1 fully saturated rings. The molecule has 1 aromatic rings. The number of hydrogen-bond acceptors (Lipinski definition) is 3. The summed E-state index contributed by atoms with van der Waals surface area (Å²) in [6.45, 7) is 3.43. The van der Waals surface area contributed by atoms with Crippen LogP contribution in [0, 0.1) is 11.7 Å². The van der Waals surface area contributed by atoms with Crippen LogP contribution in [-0.2, 0) is 9.53 Å². The van der Waals surface area contributed by atoms with E-state index in [1.165, 1.54) is 19.3 Å². The maximum atomic E-state index is 13.3. The maximum Gasteiger partial charge on any atom is 0.244 e. The molecule has 0 bridgehead atoms. The number of halogens is 1. The number of ether oxygens (including phenoxy) is 2. The van der Waals surface area contributed by atoms with Gasteiger partial charge in [-0.2, -0.15) is 0 Å². The molecule has 0 aliphatic carbocycles. The molecule has 1 aliphatic heterocycles. The van der Waals surface area contributed by atoms with Crippen LogP contribution >= 0.6 is 0 Å². The molecule has 1 aliphatic rings. The molecule has 0 saturated carbocycles. The van der Waals surface area contributed by atoms with E-state index in [9.17, 15) is 9.18 Å². The third-order valence-electron chi connectivity index (χ3n) is 3.64. The maximum absolute atomic E-state index is 13.3. The fourth-order valence-corrected chi connectivity index (χ4v) is 2.29. The molecule has 2 unspecified atom stereocenters. The highest BCUT2D eigenvalue weighted by Gasteiger charge is 2.22. The summed E-state index contributed by atoms with van der Waals surface area (Å²) in [7, 11) is 1.41. The van der Waals surface area contributed by atoms with Gasteiger partial charge < -0.3 is 14.8 Å². The van der Waals surface area contributed by atoms with Gasteiger partial charge in [-0.15, -0.1) is 0 Å². The number of methoxy groups -OCH3 is 1. The predicted octanol–water partition coefficient (Wildman–Crippen LogP) is 2.39. The third-order valence-corrected chi connectivity index (χ3v) is 3.64. The van der Waals surface area contributed by atoms with Crippen LogP contribution in [0.25, 0.3) is 6.08 Å². The lowest BCUT2D eigenvalue weighted by Gasteiger charge is -2.18. The van der Waals surface area contributed by atoms with Crippen LogP contribution in [0.3, 0.4) is 0 Å². The highest BCUT2D eigenvalue weighted by Crippen LogP contribution is 2.19. The average Bonchev–Trinajstić information content (AvgIpc) is 3.00. The number of carbonyl (C=O) groups excluding carboxylic acids is 1. The lowest BCUT2D eigenvalue weighted by molar-refractivity contribution is -0.117. The first-order chi connectivity index (χ1) is 10.1. The molecule has 2 atom stereocenters. The van der Waals surface area contributed by atoms with Crippen molar-refractivity contribution in [2.24, 2.45) is 5.92 Å². The van der Waals surface area contributed by atoms with Crippen molar-refractivity contribution in [3.63, 3.8) is 0 Å². The molecule has 1 heterocycles. The van der Waals surface area contributed by atoms with Gasteiger partial charge in [-0.1, -0.05) is 6.07 Å². The zero-order valence-corrected chi connectivity index (χ0v) is 12.3. The number of nitrogens with one attached hydrogen (secondary N) is 1. The van der Waals surface area contributed by atoms with Crippen LogP contribution in [0.5, 0.6) is 5.75 Å². The van der Waals surface area contributed by atoms with Gasteiger partial charge in [0.2, 0.25) is 5.91 Å². The summed E-state index contributed by atoms with van der Waals surface area (Å²) in [6.07, 6.45) is 4.05. The minimum atomic E-state index is -0.422. The second kappa shape index (κ2) is 7.22. The molecule has 1 aromatic carbocycles. The zero-order valence-electron chi connectivity index (χ0n) is 12.3. The Balaban J connectivity index is 1.92. The molecule has 0 radical (unpaired) electrons. The molecule has 21 heavy (non-hydrogen) atoms. The third kappa shape index (κ3) is 4.29. The lowest BCUT2D eigenvalue weighted by atomic mass is 10.0. The first-order valence-electron chi connectivity index (χ1n) is 7.00. The molecule has 4 nitrogen and oxygen atoms in total. The Bertz CT molecular complexity index is 524. The van der Waals surface area contributed by atoms with E-state index in [0.29, 0.717) is 18.1 Å². The molecule has 1 saturated heterocycles. The Hall–Kier alpha value is -1.88. The molecule has 0 aromatic heterocycles. The van der Waals surface area contributed by atoms with Gasteiger partial charge in [0, 0.05) is 24.6 Å². The fourth-order valence-electron chi connectivity index (χ4n) is 2.29. The SMILES string of the molecule is COc1cc(C=CC(=O)NC(C)C2CCOC2)ccc1F. The van der Waals surface area contributed by atoms with Crippen molar-refractivity contribution in [2.75, 3.05) is 20.3 Å². The Morgan fingerprint density at radius 1 is 1.57 bits per heavy atom. The van der Waals surface area contributed by atoms with Crippen molar-refractivity contribution < 1.29 is 18.7 Å². The summed E-state index contributed by atoms with van der Waals surface area (Å²) in [5, 5.41) is 2.92. The van der Waals surface area contributed by atoms with Crippen LogP contribution in [0.4, 0.5) is 4.39 Å². The number of amides is 1. The number of hydrogen-bond donors (Lipinski definition) is 1. The van der Waals surface area contributed by atoms with Crippen LogP contribution in [-0.4, -0.2) is 32.3 Å². The van der Waals surface area contributed by atoms with Crippen LogP contribution < -0.4 is 10.1 Å². The summed E-state index contributed by atoms with van der Waals surface area (Å²) in [6, 6.07) is 4.53. The quantitative estimate of drug-likeness (QED) is 0.848. The van der Waals surface area contributed by atoms with Crippen molar-refractivity contribution >= 4 is 12.0 Å². The molecule has 2 rings (SSSR count). The van der Waals surface area contributed by atoms with Crippen LogP contribution in [0.15, 0.2) is 24.3 Å². The topological polar surface area (TPSA) is 47.6 Å². The van der Waals surface area contributed by atoms with E-state index in [2.05, 4.69) is 5.32 Å². The standard InChI is InChI=1S/C16H20FNO3/c1-11(13-7-8-21-10-13)18-16(19)6-4-12-3-5-14(17)15(9-12)20-2/h3-6,9,11,13H,7-8,10H2,1-2H3,(H,18,19). The van der Waals surface area contributed by atoms with Gasteiger partial charge in [-0.25, -0.2) is 4.39 Å². The van der Waals surface area contributed by atoms with E-state index in [-0.39, 0.29) is 17.7 Å². The molecule has 114 valence electrons. The van der Waals surface area contributed by atoms with Gasteiger partial charge in [0.25, 0.3) is 0 Å². The average molecular weight is 293 g/mol. The van der Waals surface area contributed by atoms with Crippen molar-refractivity contribution in [1.82, 2.24) is 5.32 Å².